The Bertz CT molecular complexity index is 428. The first-order valence-corrected chi connectivity index (χ1v) is 8.34. The molecule has 0 heterocycles. The highest BCUT2D eigenvalue weighted by Crippen LogP contribution is 2.26. The van der Waals surface area contributed by atoms with E-state index in [0.29, 0.717) is 11.5 Å². The summed E-state index contributed by atoms with van der Waals surface area (Å²) in [4.78, 5) is 0. The molecular weight excluding hydrogens is 242 g/mol. The summed E-state index contributed by atoms with van der Waals surface area (Å²) in [5.74, 6) is 0. The Morgan fingerprint density at radius 2 is 1.90 bits per heavy atom. The van der Waals surface area contributed by atoms with Crippen LogP contribution in [0.15, 0.2) is 18.2 Å². The lowest BCUT2D eigenvalue weighted by Gasteiger charge is -2.32. The Morgan fingerprint density at radius 1 is 1.15 bits per heavy atom. The van der Waals surface area contributed by atoms with Crippen molar-refractivity contribution in [2.24, 2.45) is 5.41 Å². The second-order valence-corrected chi connectivity index (χ2v) is 7.37. The molecule has 1 nitrogen and oxygen atoms in total. The summed E-state index contributed by atoms with van der Waals surface area (Å²) in [6, 6.07) is 7.78. The Labute approximate surface area is 125 Å². The summed E-state index contributed by atoms with van der Waals surface area (Å²) in [5.41, 5.74) is 5.06. The Hall–Kier alpha value is -0.820. The number of benzene rings is 1. The van der Waals surface area contributed by atoms with Crippen molar-refractivity contribution in [1.29, 1.82) is 0 Å². The van der Waals surface area contributed by atoms with Crippen molar-refractivity contribution in [3.63, 3.8) is 0 Å². The fraction of sp³-hybridized carbons (Fsp3) is 0.684. The molecule has 0 amide bonds. The maximum Gasteiger partial charge on any atom is 0.0119 e. The average molecular weight is 273 g/mol. The Kier molecular flexibility index (Phi) is 5.26. The van der Waals surface area contributed by atoms with Gasteiger partial charge in [0.15, 0.2) is 0 Å². The third-order valence-electron chi connectivity index (χ3n) is 4.57. The van der Waals surface area contributed by atoms with E-state index < -0.39 is 0 Å². The zero-order chi connectivity index (χ0) is 14.6. The predicted octanol–water partition coefficient (Wildman–Crippen LogP) is 4.52. The molecule has 0 radical (unpaired) electrons. The molecule has 0 saturated heterocycles. The van der Waals surface area contributed by atoms with E-state index in [1.54, 1.807) is 11.1 Å². The van der Waals surface area contributed by atoms with Crippen LogP contribution in [-0.4, -0.2) is 12.6 Å². The highest BCUT2D eigenvalue weighted by molar-refractivity contribution is 5.35. The number of hydrogen-bond acceptors (Lipinski definition) is 1. The van der Waals surface area contributed by atoms with Crippen molar-refractivity contribution in [3.8, 4) is 0 Å². The molecule has 1 aliphatic rings. The van der Waals surface area contributed by atoms with Crippen LogP contribution in [0, 0.1) is 5.41 Å². The van der Waals surface area contributed by atoms with Crippen LogP contribution < -0.4 is 5.32 Å². The van der Waals surface area contributed by atoms with Crippen LogP contribution in [0.25, 0.3) is 0 Å². The van der Waals surface area contributed by atoms with Crippen molar-refractivity contribution in [2.45, 2.75) is 72.3 Å². The smallest absolute Gasteiger partial charge is 0.0119 e. The van der Waals surface area contributed by atoms with E-state index >= 15 is 0 Å². The van der Waals surface area contributed by atoms with Crippen LogP contribution in [-0.2, 0) is 19.3 Å². The molecule has 0 bridgehead atoms. The summed E-state index contributed by atoms with van der Waals surface area (Å²) in [6.07, 6.45) is 7.58. The third-order valence-corrected chi connectivity index (χ3v) is 4.57. The van der Waals surface area contributed by atoms with Crippen LogP contribution in [0.2, 0.25) is 0 Å². The minimum Gasteiger partial charge on any atom is -0.313 e. The van der Waals surface area contributed by atoms with Gasteiger partial charge in [-0.2, -0.15) is 0 Å². The summed E-state index contributed by atoms with van der Waals surface area (Å²) >= 11 is 0. The van der Waals surface area contributed by atoms with Crippen molar-refractivity contribution in [1.82, 2.24) is 5.32 Å². The maximum absolute atomic E-state index is 3.73. The zero-order valence-corrected chi connectivity index (χ0v) is 13.8. The number of nitrogens with one attached hydrogen (secondary N) is 1. The summed E-state index contributed by atoms with van der Waals surface area (Å²) in [7, 11) is 0. The molecule has 0 spiro atoms. The molecule has 1 aliphatic carbocycles. The topological polar surface area (TPSA) is 12.0 Å². The van der Waals surface area contributed by atoms with Crippen molar-refractivity contribution in [3.05, 3.63) is 34.9 Å². The van der Waals surface area contributed by atoms with E-state index in [-0.39, 0.29) is 0 Å². The highest BCUT2D eigenvalue weighted by atomic mass is 14.9. The van der Waals surface area contributed by atoms with Gasteiger partial charge in [0.2, 0.25) is 0 Å². The zero-order valence-electron chi connectivity index (χ0n) is 13.8. The lowest BCUT2D eigenvalue weighted by Crippen LogP contribution is -2.41. The minimum absolute atomic E-state index is 0.339. The second kappa shape index (κ2) is 6.76. The SMILES string of the molecule is CCCNC(CCc1ccc2c(c1)CCC2)C(C)(C)C. The summed E-state index contributed by atoms with van der Waals surface area (Å²) in [6.45, 7) is 10.4. The summed E-state index contributed by atoms with van der Waals surface area (Å²) < 4.78 is 0. The molecule has 112 valence electrons. The van der Waals surface area contributed by atoms with Gasteiger partial charge in [-0.1, -0.05) is 45.9 Å². The fourth-order valence-electron chi connectivity index (χ4n) is 3.25. The molecule has 0 aromatic heterocycles. The van der Waals surface area contributed by atoms with E-state index in [0.717, 1.165) is 6.54 Å². The van der Waals surface area contributed by atoms with Crippen molar-refractivity contribution < 1.29 is 0 Å². The number of rotatable bonds is 6. The molecule has 1 N–H and O–H groups in total. The minimum atomic E-state index is 0.339. The van der Waals surface area contributed by atoms with Crippen LogP contribution in [0.1, 0.15) is 63.6 Å². The maximum atomic E-state index is 3.73. The molecule has 1 aromatic rings. The first kappa shape index (κ1) is 15.6. The van der Waals surface area contributed by atoms with Crippen LogP contribution in [0.3, 0.4) is 0 Å². The molecule has 0 aliphatic heterocycles. The number of fused-ring (bicyclic) bond motifs is 1. The predicted molar refractivity (Wildman–Crippen MR) is 88.3 cm³/mol. The van der Waals surface area contributed by atoms with Gasteiger partial charge in [0.25, 0.3) is 0 Å². The van der Waals surface area contributed by atoms with Crippen LogP contribution >= 0.6 is 0 Å². The van der Waals surface area contributed by atoms with Crippen LogP contribution in [0.5, 0.6) is 0 Å². The van der Waals surface area contributed by atoms with Crippen molar-refractivity contribution >= 4 is 0 Å². The van der Waals surface area contributed by atoms with E-state index in [1.165, 1.54) is 44.1 Å². The van der Waals surface area contributed by atoms with Gasteiger partial charge in [-0.25, -0.2) is 0 Å². The molecule has 20 heavy (non-hydrogen) atoms. The van der Waals surface area contributed by atoms with E-state index in [1.807, 2.05) is 0 Å². The highest BCUT2D eigenvalue weighted by Gasteiger charge is 2.23. The molecule has 0 saturated carbocycles. The molecular formula is C19H31N. The lowest BCUT2D eigenvalue weighted by atomic mass is 9.83. The first-order valence-electron chi connectivity index (χ1n) is 8.34. The number of hydrogen-bond donors (Lipinski definition) is 1. The third kappa shape index (κ3) is 4.09. The molecule has 1 aromatic carbocycles. The van der Waals surface area contributed by atoms with E-state index in [9.17, 15) is 0 Å². The van der Waals surface area contributed by atoms with Gasteiger partial charge in [-0.15, -0.1) is 0 Å². The van der Waals surface area contributed by atoms with Gasteiger partial charge >= 0.3 is 0 Å². The molecule has 1 atom stereocenters. The van der Waals surface area contributed by atoms with E-state index in [2.05, 4.69) is 51.2 Å². The Balaban J connectivity index is 1.95. The standard InChI is InChI=1S/C19H31N/c1-5-13-20-18(19(2,3)4)12-10-15-9-11-16-7-6-8-17(16)14-15/h9,11,14,18,20H,5-8,10,12-13H2,1-4H3. The normalized spacial score (nSPS) is 16.2. The van der Waals surface area contributed by atoms with Gasteiger partial charge in [0, 0.05) is 6.04 Å². The first-order chi connectivity index (χ1) is 9.50. The second-order valence-electron chi connectivity index (χ2n) is 7.37. The molecule has 0 fully saturated rings. The largest absolute Gasteiger partial charge is 0.313 e. The fourth-order valence-corrected chi connectivity index (χ4v) is 3.25. The van der Waals surface area contributed by atoms with Gasteiger partial charge in [0.1, 0.15) is 0 Å². The van der Waals surface area contributed by atoms with Crippen LogP contribution in [0.4, 0.5) is 0 Å². The molecule has 1 unspecified atom stereocenters. The van der Waals surface area contributed by atoms with Gasteiger partial charge in [-0.05, 0) is 67.2 Å². The summed E-state index contributed by atoms with van der Waals surface area (Å²) in [5, 5.41) is 3.73. The molecule has 1 heteroatoms. The quantitative estimate of drug-likeness (QED) is 0.803. The Morgan fingerprint density at radius 3 is 2.60 bits per heavy atom. The number of aryl methyl sites for hydroxylation is 3. The lowest BCUT2D eigenvalue weighted by molar-refractivity contribution is 0.255. The van der Waals surface area contributed by atoms with E-state index in [4.69, 9.17) is 0 Å². The van der Waals surface area contributed by atoms with Gasteiger partial charge < -0.3 is 5.32 Å². The van der Waals surface area contributed by atoms with Gasteiger partial charge in [-0.3, -0.25) is 0 Å². The van der Waals surface area contributed by atoms with Crippen molar-refractivity contribution in [2.75, 3.05) is 6.54 Å². The molecule has 2 rings (SSSR count). The van der Waals surface area contributed by atoms with Gasteiger partial charge in [0.05, 0.1) is 0 Å². The monoisotopic (exact) mass is 273 g/mol. The average Bonchev–Trinajstić information content (AvgIpc) is 2.84.